The number of nitrogens with one attached hydrogen (secondary N) is 1. The molecule has 0 aromatic carbocycles. The summed E-state index contributed by atoms with van der Waals surface area (Å²) in [5.74, 6) is 0. The van der Waals surface area contributed by atoms with E-state index < -0.39 is 6.10 Å². The largest absolute Gasteiger partial charge is 0.385 e. The zero-order chi connectivity index (χ0) is 12.0. The zero-order valence-electron chi connectivity index (χ0n) is 9.91. The molecular weight excluding hydrogens is 226 g/mol. The lowest BCUT2D eigenvalue weighted by Gasteiger charge is -2.14. The van der Waals surface area contributed by atoms with Crippen molar-refractivity contribution in [2.24, 2.45) is 0 Å². The molecule has 1 atom stereocenters. The average Bonchev–Trinajstić information content (AvgIpc) is 2.61. The normalized spacial score (nSPS) is 13.0. The van der Waals surface area contributed by atoms with Crippen molar-refractivity contribution in [1.82, 2.24) is 15.1 Å². The molecule has 92 valence electrons. The minimum atomic E-state index is -0.590. The standard InChI is InChI=1S/C11H20ClN3O/c1-3-5-13-8-10(16)11-9(12)7-14-15(11)6-4-2/h7,10,13,16H,3-6,8H2,1-2H3. The molecule has 0 aliphatic carbocycles. The van der Waals surface area contributed by atoms with Gasteiger partial charge in [0.2, 0.25) is 0 Å². The predicted octanol–water partition coefficient (Wildman–Crippen LogP) is 1.98. The van der Waals surface area contributed by atoms with E-state index in [-0.39, 0.29) is 0 Å². The van der Waals surface area contributed by atoms with Gasteiger partial charge in [-0.05, 0) is 19.4 Å². The number of aryl methyl sites for hydroxylation is 1. The summed E-state index contributed by atoms with van der Waals surface area (Å²) in [5.41, 5.74) is 0.715. The van der Waals surface area contributed by atoms with Gasteiger partial charge in [-0.15, -0.1) is 0 Å². The highest BCUT2D eigenvalue weighted by Crippen LogP contribution is 2.22. The SMILES string of the molecule is CCCNCC(O)c1c(Cl)cnn1CCC. The summed E-state index contributed by atoms with van der Waals surface area (Å²) >= 11 is 6.02. The molecule has 2 N–H and O–H groups in total. The van der Waals surface area contributed by atoms with Crippen LogP contribution in [-0.2, 0) is 6.54 Å². The third-order valence-electron chi connectivity index (χ3n) is 2.35. The average molecular weight is 246 g/mol. The third kappa shape index (κ3) is 3.47. The van der Waals surface area contributed by atoms with Gasteiger partial charge in [0, 0.05) is 13.1 Å². The van der Waals surface area contributed by atoms with Gasteiger partial charge in [0.15, 0.2) is 0 Å². The molecule has 0 spiro atoms. The van der Waals surface area contributed by atoms with Gasteiger partial charge in [-0.3, -0.25) is 4.68 Å². The molecule has 0 radical (unpaired) electrons. The Balaban J connectivity index is 2.65. The molecule has 4 nitrogen and oxygen atoms in total. The molecule has 1 aromatic heterocycles. The van der Waals surface area contributed by atoms with Crippen molar-refractivity contribution in [2.45, 2.75) is 39.3 Å². The van der Waals surface area contributed by atoms with Gasteiger partial charge in [0.25, 0.3) is 0 Å². The minimum absolute atomic E-state index is 0.517. The van der Waals surface area contributed by atoms with Crippen molar-refractivity contribution < 1.29 is 5.11 Å². The number of aliphatic hydroxyl groups excluding tert-OH is 1. The first kappa shape index (κ1) is 13.5. The van der Waals surface area contributed by atoms with Crippen molar-refractivity contribution in [2.75, 3.05) is 13.1 Å². The van der Waals surface area contributed by atoms with E-state index in [4.69, 9.17) is 11.6 Å². The molecular formula is C11H20ClN3O. The Morgan fingerprint density at radius 3 is 2.88 bits per heavy atom. The van der Waals surface area contributed by atoms with Crippen LogP contribution < -0.4 is 5.32 Å². The van der Waals surface area contributed by atoms with E-state index in [0.717, 1.165) is 25.9 Å². The lowest BCUT2D eigenvalue weighted by Crippen LogP contribution is -2.24. The van der Waals surface area contributed by atoms with E-state index in [2.05, 4.69) is 24.3 Å². The second-order valence-electron chi connectivity index (χ2n) is 3.82. The van der Waals surface area contributed by atoms with Gasteiger partial charge in [0.05, 0.1) is 16.9 Å². The van der Waals surface area contributed by atoms with Crippen molar-refractivity contribution >= 4 is 11.6 Å². The number of hydrogen-bond donors (Lipinski definition) is 2. The van der Waals surface area contributed by atoms with Gasteiger partial charge in [0.1, 0.15) is 6.10 Å². The van der Waals surface area contributed by atoms with Gasteiger partial charge < -0.3 is 10.4 Å². The van der Waals surface area contributed by atoms with Gasteiger partial charge >= 0.3 is 0 Å². The first-order valence-electron chi connectivity index (χ1n) is 5.80. The molecule has 0 amide bonds. The number of aromatic nitrogens is 2. The first-order chi connectivity index (χ1) is 7.70. The fourth-order valence-electron chi connectivity index (χ4n) is 1.61. The van der Waals surface area contributed by atoms with E-state index in [1.807, 2.05) is 0 Å². The smallest absolute Gasteiger partial charge is 0.110 e. The Bertz CT molecular complexity index is 314. The van der Waals surface area contributed by atoms with E-state index in [0.29, 0.717) is 17.3 Å². The molecule has 16 heavy (non-hydrogen) atoms. The van der Waals surface area contributed by atoms with Crippen LogP contribution in [0.3, 0.4) is 0 Å². The molecule has 0 aliphatic rings. The molecule has 0 fully saturated rings. The molecule has 1 unspecified atom stereocenters. The molecule has 1 heterocycles. The quantitative estimate of drug-likeness (QED) is 0.723. The maximum absolute atomic E-state index is 10.0. The molecule has 5 heteroatoms. The first-order valence-corrected chi connectivity index (χ1v) is 6.18. The van der Waals surface area contributed by atoms with Gasteiger partial charge in [-0.1, -0.05) is 25.4 Å². The van der Waals surface area contributed by atoms with E-state index in [1.54, 1.807) is 10.9 Å². The Morgan fingerprint density at radius 2 is 2.25 bits per heavy atom. The fraction of sp³-hybridized carbons (Fsp3) is 0.727. The highest BCUT2D eigenvalue weighted by atomic mass is 35.5. The number of rotatable bonds is 7. The van der Waals surface area contributed by atoms with Crippen molar-refractivity contribution in [3.8, 4) is 0 Å². The van der Waals surface area contributed by atoms with Crippen molar-refractivity contribution in [1.29, 1.82) is 0 Å². The summed E-state index contributed by atoms with van der Waals surface area (Å²) in [4.78, 5) is 0. The zero-order valence-corrected chi connectivity index (χ0v) is 10.7. The van der Waals surface area contributed by atoms with Crippen LogP contribution in [0.1, 0.15) is 38.5 Å². The fourth-order valence-corrected chi connectivity index (χ4v) is 1.87. The van der Waals surface area contributed by atoms with E-state index >= 15 is 0 Å². The van der Waals surface area contributed by atoms with Gasteiger partial charge in [-0.25, -0.2) is 0 Å². The summed E-state index contributed by atoms with van der Waals surface area (Å²) < 4.78 is 1.78. The number of aliphatic hydroxyl groups is 1. The monoisotopic (exact) mass is 245 g/mol. The maximum Gasteiger partial charge on any atom is 0.110 e. The highest BCUT2D eigenvalue weighted by Gasteiger charge is 2.17. The number of nitrogens with zero attached hydrogens (tertiary/aromatic N) is 2. The van der Waals surface area contributed by atoms with Crippen LogP contribution in [0.15, 0.2) is 6.20 Å². The number of hydrogen-bond acceptors (Lipinski definition) is 3. The highest BCUT2D eigenvalue weighted by molar-refractivity contribution is 6.31. The van der Waals surface area contributed by atoms with Crippen LogP contribution >= 0.6 is 11.6 Å². The summed E-state index contributed by atoms with van der Waals surface area (Å²) in [5, 5.41) is 17.9. The topological polar surface area (TPSA) is 50.1 Å². The Labute approximate surface area is 102 Å². The lowest BCUT2D eigenvalue weighted by molar-refractivity contribution is 0.163. The van der Waals surface area contributed by atoms with E-state index in [9.17, 15) is 5.11 Å². The summed E-state index contributed by atoms with van der Waals surface area (Å²) in [6, 6.07) is 0. The Hall–Kier alpha value is -0.580. The van der Waals surface area contributed by atoms with Crippen LogP contribution in [0.4, 0.5) is 0 Å². The number of halogens is 1. The Morgan fingerprint density at radius 1 is 1.50 bits per heavy atom. The predicted molar refractivity (Wildman–Crippen MR) is 65.6 cm³/mol. The van der Waals surface area contributed by atoms with Crippen LogP contribution in [0.5, 0.6) is 0 Å². The molecule has 0 saturated carbocycles. The second kappa shape index (κ2) is 6.89. The molecule has 0 aliphatic heterocycles. The van der Waals surface area contributed by atoms with Gasteiger partial charge in [-0.2, -0.15) is 5.10 Å². The van der Waals surface area contributed by atoms with Crippen molar-refractivity contribution in [3.63, 3.8) is 0 Å². The molecule has 1 rings (SSSR count). The molecule has 1 aromatic rings. The van der Waals surface area contributed by atoms with E-state index in [1.165, 1.54) is 0 Å². The molecule has 0 saturated heterocycles. The lowest BCUT2D eigenvalue weighted by atomic mass is 10.2. The molecule has 0 bridgehead atoms. The van der Waals surface area contributed by atoms with Crippen LogP contribution in [0.2, 0.25) is 5.02 Å². The summed E-state index contributed by atoms with van der Waals surface area (Å²) in [6.45, 7) is 6.36. The maximum atomic E-state index is 10.0. The summed E-state index contributed by atoms with van der Waals surface area (Å²) in [7, 11) is 0. The summed E-state index contributed by atoms with van der Waals surface area (Å²) in [6.07, 6.45) is 3.03. The third-order valence-corrected chi connectivity index (χ3v) is 2.64. The van der Waals surface area contributed by atoms with Crippen molar-refractivity contribution in [3.05, 3.63) is 16.9 Å². The van der Waals surface area contributed by atoms with Crippen LogP contribution in [-0.4, -0.2) is 28.0 Å². The van der Waals surface area contributed by atoms with Crippen LogP contribution in [0, 0.1) is 0 Å². The second-order valence-corrected chi connectivity index (χ2v) is 4.23. The minimum Gasteiger partial charge on any atom is -0.385 e. The van der Waals surface area contributed by atoms with Crippen LogP contribution in [0.25, 0.3) is 0 Å². The Kier molecular flexibility index (Phi) is 5.80.